The molecular weight excluding hydrogens is 1160 g/mol. The third kappa shape index (κ3) is 19.1. The molecule has 88 heavy (non-hydrogen) atoms. The number of carbonyl (C=O) groups excluding carboxylic acids is 6. The van der Waals surface area contributed by atoms with Crippen LogP contribution >= 0.6 is 11.6 Å². The fourth-order valence-electron chi connectivity index (χ4n) is 11.0. The van der Waals surface area contributed by atoms with Crippen LogP contribution in [0, 0.1) is 12.8 Å². The van der Waals surface area contributed by atoms with E-state index < -0.39 is 71.6 Å². The number of benzene rings is 3. The van der Waals surface area contributed by atoms with Gasteiger partial charge >= 0.3 is 18.0 Å². The monoisotopic (exact) mass is 1250 g/mol. The van der Waals surface area contributed by atoms with E-state index in [2.05, 4.69) is 34.9 Å². The molecule has 3 heterocycles. The molecular formula is C65H87ClN4O18. The number of anilines is 1. The van der Waals surface area contributed by atoms with Crippen LogP contribution in [0.3, 0.4) is 0 Å². The summed E-state index contributed by atoms with van der Waals surface area (Å²) >= 11 is 6.83. The standard InChI is InChI=1S/C65H87ClN4O18/c1-42-14-13-19-54(78-8)65(77)40-53(86-63(76)68-65)44(3)61-64(5,88-61)55(39-58(73)70(7)52-38-46(36-42)37-43(2)60(52)66)87-62(75)45(4)69(6)57(72)22-24-79-26-28-81-30-32-83-34-35-84-33-31-82-29-27-80-25-23-67-56(71)20-21-59(74)85-41-51-49-17-11-9-15-47(49)48-16-10-12-18-50(48)51/h9-19,37-38,44-45,51,53-55,61,77H,20-36,39-41H2,1-8H3,(H,67,71)(H,68,76)/b19-13+,42-14+/t44-,45+,53+,54-,55+,61?,64+,65-/m1/s1. The van der Waals surface area contributed by atoms with Gasteiger partial charge in [0, 0.05) is 52.4 Å². The zero-order chi connectivity index (χ0) is 63.4. The first-order valence-electron chi connectivity index (χ1n) is 30.1. The Kier molecular flexibility index (Phi) is 26.3. The fraction of sp³-hybridized carbons (Fsp3) is 0.569. The number of aryl methyl sites for hydroxylation is 1. The Balaban J connectivity index is 0.720. The molecule has 3 aromatic rings. The van der Waals surface area contributed by atoms with Gasteiger partial charge in [0.2, 0.25) is 17.7 Å². The number of epoxide rings is 1. The van der Waals surface area contributed by atoms with Crippen LogP contribution in [0.15, 0.2) is 84.5 Å². The van der Waals surface area contributed by atoms with Gasteiger partial charge in [0.1, 0.15) is 36.6 Å². The van der Waals surface area contributed by atoms with Crippen molar-refractivity contribution < 1.29 is 86.0 Å². The zero-order valence-electron chi connectivity index (χ0n) is 51.8. The van der Waals surface area contributed by atoms with Crippen LogP contribution in [0.2, 0.25) is 5.02 Å². The van der Waals surface area contributed by atoms with Crippen molar-refractivity contribution >= 4 is 53.0 Å². The summed E-state index contributed by atoms with van der Waals surface area (Å²) in [6.07, 6.45) is 0.851. The highest BCUT2D eigenvalue weighted by Gasteiger charge is 2.64. The van der Waals surface area contributed by atoms with Crippen LogP contribution in [0.4, 0.5) is 10.5 Å². The number of amides is 4. The SMILES string of the molecule is CO[C@@H]1/C=C/C=C(\C)Cc2cc(C)c(Cl)c(c2)N(C)C(=O)C[C@H](OC(=O)[C@H](C)N(C)C(=O)CCOCCOCCOCCOCCOCCOCCNC(=O)CCC(=O)OCC2c3ccccc3-c3ccccc32)[C@]2(C)OC2[C@H](C)[C@@H]2C[C@]1(O)NC(=O)O2. The summed E-state index contributed by atoms with van der Waals surface area (Å²) in [5.41, 5.74) is 4.55. The van der Waals surface area contributed by atoms with Crippen LogP contribution < -0.4 is 15.5 Å². The van der Waals surface area contributed by atoms with E-state index in [4.69, 9.17) is 63.7 Å². The Hall–Kier alpha value is -6.31. The number of alkyl carbamates (subject to hydrolysis) is 1. The fourth-order valence-corrected chi connectivity index (χ4v) is 11.3. The van der Waals surface area contributed by atoms with E-state index in [0.29, 0.717) is 83.1 Å². The van der Waals surface area contributed by atoms with Crippen LogP contribution in [0.25, 0.3) is 11.1 Å². The normalized spacial score (nSPS) is 23.9. The van der Waals surface area contributed by atoms with Gasteiger partial charge in [-0.2, -0.15) is 0 Å². The topological polar surface area (TPSA) is 258 Å². The molecule has 482 valence electrons. The number of carbonyl (C=O) groups is 6. The third-order valence-electron chi connectivity index (χ3n) is 16.3. The summed E-state index contributed by atoms with van der Waals surface area (Å²) in [6, 6.07) is 19.0. The van der Waals surface area contributed by atoms with E-state index in [1.807, 2.05) is 56.3 Å². The van der Waals surface area contributed by atoms with Crippen LogP contribution in [-0.4, -0.2) is 201 Å². The number of hydrogen-bond acceptors (Lipinski definition) is 18. The van der Waals surface area contributed by atoms with E-state index in [1.54, 1.807) is 33.0 Å². The molecule has 0 radical (unpaired) electrons. The maximum atomic E-state index is 14.3. The summed E-state index contributed by atoms with van der Waals surface area (Å²) in [6.45, 7) is 13.1. The number of nitrogens with one attached hydrogen (secondary N) is 2. The van der Waals surface area contributed by atoms with E-state index >= 15 is 0 Å². The first kappa shape index (κ1) is 69.2. The largest absolute Gasteiger partial charge is 0.465 e. The van der Waals surface area contributed by atoms with E-state index in [1.165, 1.54) is 30.9 Å². The molecule has 22 nitrogen and oxygen atoms in total. The summed E-state index contributed by atoms with van der Waals surface area (Å²) in [5.74, 6) is -2.82. The molecule has 1 unspecified atom stereocenters. The predicted molar refractivity (Wildman–Crippen MR) is 326 cm³/mol. The van der Waals surface area contributed by atoms with E-state index in [9.17, 15) is 33.9 Å². The molecule has 3 aliphatic heterocycles. The van der Waals surface area contributed by atoms with Crippen LogP contribution in [-0.2, 0) is 82.5 Å². The number of aliphatic hydroxyl groups is 1. The smallest absolute Gasteiger partial charge is 0.409 e. The second kappa shape index (κ2) is 33.5. The van der Waals surface area contributed by atoms with Gasteiger partial charge in [-0.1, -0.05) is 96.9 Å². The zero-order valence-corrected chi connectivity index (χ0v) is 52.6. The number of hydrogen-bond donors (Lipinski definition) is 3. The summed E-state index contributed by atoms with van der Waals surface area (Å²) in [5, 5.41) is 17.5. The van der Waals surface area contributed by atoms with Gasteiger partial charge in [0.05, 0.1) is 115 Å². The Bertz CT molecular complexity index is 2880. The van der Waals surface area contributed by atoms with Gasteiger partial charge in [0.15, 0.2) is 5.72 Å². The first-order chi connectivity index (χ1) is 42.2. The second-order valence-corrected chi connectivity index (χ2v) is 23.1. The molecule has 2 saturated heterocycles. The van der Waals surface area contributed by atoms with E-state index in [-0.39, 0.29) is 76.3 Å². The molecule has 1 aliphatic carbocycles. The molecule has 7 rings (SSSR count). The highest BCUT2D eigenvalue weighted by atomic mass is 35.5. The summed E-state index contributed by atoms with van der Waals surface area (Å²) in [4.78, 5) is 82.1. The molecule has 0 spiro atoms. The van der Waals surface area contributed by atoms with Crippen LogP contribution in [0.1, 0.15) is 88.0 Å². The molecule has 8 atom stereocenters. The van der Waals surface area contributed by atoms with Crippen molar-refractivity contribution in [1.29, 1.82) is 0 Å². The predicted octanol–water partition coefficient (Wildman–Crippen LogP) is 6.56. The molecule has 0 aromatic heterocycles. The lowest BCUT2D eigenvalue weighted by Gasteiger charge is -2.42. The second-order valence-electron chi connectivity index (χ2n) is 22.7. The van der Waals surface area contributed by atoms with Crippen molar-refractivity contribution in [2.24, 2.45) is 5.92 Å². The highest BCUT2D eigenvalue weighted by Crippen LogP contribution is 2.49. The Morgan fingerprint density at radius 1 is 0.841 bits per heavy atom. The summed E-state index contributed by atoms with van der Waals surface area (Å²) < 4.78 is 62.8. The minimum Gasteiger partial charge on any atom is -0.465 e. The van der Waals surface area contributed by atoms with Crippen molar-refractivity contribution in [3.63, 3.8) is 0 Å². The van der Waals surface area contributed by atoms with Crippen molar-refractivity contribution in [3.05, 3.63) is 112 Å². The average Bonchev–Trinajstić information content (AvgIpc) is 1.65. The van der Waals surface area contributed by atoms with Gasteiger partial charge in [-0.15, -0.1) is 0 Å². The number of likely N-dealkylation sites (N-methyl/N-ethyl adjacent to an activating group) is 1. The lowest BCUT2D eigenvalue weighted by Crippen LogP contribution is -2.63. The molecule has 4 amide bonds. The Morgan fingerprint density at radius 3 is 2.02 bits per heavy atom. The number of methoxy groups -OCH3 is 1. The number of allylic oxidation sites excluding steroid dienone is 3. The lowest BCUT2D eigenvalue weighted by molar-refractivity contribution is -0.162. The minimum absolute atomic E-state index is 0.00708. The maximum absolute atomic E-state index is 14.3. The van der Waals surface area contributed by atoms with Gasteiger partial charge in [0.25, 0.3) is 0 Å². The van der Waals surface area contributed by atoms with Crippen LogP contribution in [0.5, 0.6) is 0 Å². The van der Waals surface area contributed by atoms with Gasteiger partial charge in [-0.05, 0) is 73.6 Å². The molecule has 23 heteroatoms. The molecule has 4 bridgehead atoms. The van der Waals surface area contributed by atoms with Gasteiger partial charge in [-0.25, -0.2) is 9.59 Å². The maximum Gasteiger partial charge on any atom is 0.409 e. The average molecular weight is 1250 g/mol. The molecule has 3 N–H and O–H groups in total. The lowest BCUT2D eigenvalue weighted by atomic mass is 9.83. The van der Waals surface area contributed by atoms with Crippen molar-refractivity contribution in [3.8, 4) is 11.1 Å². The molecule has 0 saturated carbocycles. The Morgan fingerprint density at radius 2 is 1.42 bits per heavy atom. The number of fused-ring (bicyclic) bond motifs is 8. The van der Waals surface area contributed by atoms with Gasteiger partial charge < -0.3 is 72.3 Å². The molecule has 2 fully saturated rings. The number of ether oxygens (including phenoxy) is 11. The van der Waals surface area contributed by atoms with E-state index in [0.717, 1.165) is 39.0 Å². The molecule has 4 aliphatic rings. The van der Waals surface area contributed by atoms with Crippen molar-refractivity contribution in [2.75, 3.05) is 119 Å². The third-order valence-corrected chi connectivity index (χ3v) is 16.8. The minimum atomic E-state index is -1.85. The highest BCUT2D eigenvalue weighted by molar-refractivity contribution is 6.34. The van der Waals surface area contributed by atoms with Crippen molar-refractivity contribution in [1.82, 2.24) is 15.5 Å². The quantitative estimate of drug-likeness (QED) is 0.0276. The first-order valence-corrected chi connectivity index (χ1v) is 30.5. The number of halogens is 1. The summed E-state index contributed by atoms with van der Waals surface area (Å²) in [7, 11) is 4.52. The number of esters is 2. The van der Waals surface area contributed by atoms with Crippen molar-refractivity contribution in [2.45, 2.75) is 121 Å². The number of nitrogens with zero attached hydrogens (tertiary/aromatic N) is 2. The molecule has 3 aromatic carbocycles. The number of rotatable bonds is 30. The Labute approximate surface area is 520 Å². The van der Waals surface area contributed by atoms with Gasteiger partial charge in [-0.3, -0.25) is 24.5 Å².